The number of aryl methyl sites for hydroxylation is 3. The smallest absolute Gasteiger partial charge is 0.0825 e. The summed E-state index contributed by atoms with van der Waals surface area (Å²) in [5.74, 6) is 0. The first-order valence-corrected chi connectivity index (χ1v) is 5.90. The van der Waals surface area contributed by atoms with Gasteiger partial charge in [0.2, 0.25) is 0 Å². The first-order chi connectivity index (χ1) is 8.09. The van der Waals surface area contributed by atoms with Crippen LogP contribution in [0, 0.1) is 27.7 Å². The van der Waals surface area contributed by atoms with Gasteiger partial charge >= 0.3 is 0 Å². The number of nitrogens with one attached hydrogen (secondary N) is 2. The molecule has 3 heteroatoms. The Kier molecular flexibility index (Phi) is 3.18. The number of benzene rings is 1. The third kappa shape index (κ3) is 2.33. The molecule has 0 fully saturated rings. The van der Waals surface area contributed by atoms with Gasteiger partial charge in [0.1, 0.15) is 0 Å². The fraction of sp³-hybridized carbons (Fsp3) is 0.357. The SMILES string of the molecule is Cc1cccc(CNc2c(C)n[nH]c2C)c1C. The van der Waals surface area contributed by atoms with Crippen LogP contribution in [0.15, 0.2) is 18.2 Å². The highest BCUT2D eigenvalue weighted by atomic mass is 15.1. The van der Waals surface area contributed by atoms with Gasteiger partial charge in [0, 0.05) is 6.54 Å². The number of hydrogen-bond acceptors (Lipinski definition) is 2. The van der Waals surface area contributed by atoms with E-state index in [0.717, 1.165) is 23.6 Å². The Morgan fingerprint density at radius 2 is 1.94 bits per heavy atom. The molecule has 1 aromatic heterocycles. The van der Waals surface area contributed by atoms with Crippen molar-refractivity contribution in [1.29, 1.82) is 0 Å². The van der Waals surface area contributed by atoms with E-state index in [4.69, 9.17) is 0 Å². The van der Waals surface area contributed by atoms with E-state index in [1.165, 1.54) is 16.7 Å². The molecule has 1 heterocycles. The van der Waals surface area contributed by atoms with Crippen molar-refractivity contribution in [2.24, 2.45) is 0 Å². The molecule has 0 spiro atoms. The maximum Gasteiger partial charge on any atom is 0.0825 e. The zero-order chi connectivity index (χ0) is 12.4. The second kappa shape index (κ2) is 4.62. The Labute approximate surface area is 102 Å². The highest BCUT2D eigenvalue weighted by Gasteiger charge is 2.06. The highest BCUT2D eigenvalue weighted by molar-refractivity contribution is 5.52. The molecule has 2 aromatic rings. The molecule has 90 valence electrons. The summed E-state index contributed by atoms with van der Waals surface area (Å²) in [6, 6.07) is 6.42. The standard InChI is InChI=1S/C14H19N3/c1-9-6-5-7-13(10(9)2)8-15-14-11(3)16-17-12(14)4/h5-7,15H,8H2,1-4H3,(H,16,17). The Morgan fingerprint density at radius 1 is 1.18 bits per heavy atom. The molecular weight excluding hydrogens is 210 g/mol. The van der Waals surface area contributed by atoms with Crippen molar-refractivity contribution in [3.8, 4) is 0 Å². The van der Waals surface area contributed by atoms with Crippen LogP contribution in [-0.2, 0) is 6.54 Å². The number of aromatic nitrogens is 2. The van der Waals surface area contributed by atoms with Gasteiger partial charge in [-0.15, -0.1) is 0 Å². The fourth-order valence-corrected chi connectivity index (χ4v) is 2.00. The summed E-state index contributed by atoms with van der Waals surface area (Å²) in [5, 5.41) is 10.6. The maximum absolute atomic E-state index is 4.18. The first-order valence-electron chi connectivity index (χ1n) is 5.90. The lowest BCUT2D eigenvalue weighted by atomic mass is 10.0. The van der Waals surface area contributed by atoms with E-state index in [-0.39, 0.29) is 0 Å². The van der Waals surface area contributed by atoms with Crippen LogP contribution in [0.1, 0.15) is 28.1 Å². The second-order valence-corrected chi connectivity index (χ2v) is 4.52. The predicted molar refractivity (Wildman–Crippen MR) is 71.3 cm³/mol. The summed E-state index contributed by atoms with van der Waals surface area (Å²) >= 11 is 0. The normalized spacial score (nSPS) is 10.6. The fourth-order valence-electron chi connectivity index (χ4n) is 2.00. The lowest BCUT2D eigenvalue weighted by Gasteiger charge is -2.10. The van der Waals surface area contributed by atoms with Gasteiger partial charge in [-0.3, -0.25) is 5.10 Å². The van der Waals surface area contributed by atoms with Crippen molar-refractivity contribution < 1.29 is 0 Å². The van der Waals surface area contributed by atoms with Gasteiger partial charge < -0.3 is 5.32 Å². The van der Waals surface area contributed by atoms with Crippen molar-refractivity contribution in [2.75, 3.05) is 5.32 Å². The lowest BCUT2D eigenvalue weighted by molar-refractivity contribution is 1.02. The molecule has 17 heavy (non-hydrogen) atoms. The molecule has 0 saturated carbocycles. The zero-order valence-corrected chi connectivity index (χ0v) is 10.9. The molecule has 0 aliphatic heterocycles. The Balaban J connectivity index is 2.15. The minimum absolute atomic E-state index is 0.842. The van der Waals surface area contributed by atoms with E-state index >= 15 is 0 Å². The Bertz CT molecular complexity index is 507. The zero-order valence-electron chi connectivity index (χ0n) is 10.9. The lowest BCUT2D eigenvalue weighted by Crippen LogP contribution is -2.03. The molecule has 3 nitrogen and oxygen atoms in total. The third-order valence-electron chi connectivity index (χ3n) is 3.30. The predicted octanol–water partition coefficient (Wildman–Crippen LogP) is 3.26. The van der Waals surface area contributed by atoms with Crippen LogP contribution >= 0.6 is 0 Å². The van der Waals surface area contributed by atoms with Crippen LogP contribution in [-0.4, -0.2) is 10.2 Å². The number of rotatable bonds is 3. The van der Waals surface area contributed by atoms with Gasteiger partial charge in [0.15, 0.2) is 0 Å². The van der Waals surface area contributed by atoms with Gasteiger partial charge in [-0.2, -0.15) is 5.10 Å². The summed E-state index contributed by atoms with van der Waals surface area (Å²) in [7, 11) is 0. The Morgan fingerprint density at radius 3 is 2.59 bits per heavy atom. The van der Waals surface area contributed by atoms with Crippen LogP contribution < -0.4 is 5.32 Å². The summed E-state index contributed by atoms with van der Waals surface area (Å²) in [6.07, 6.45) is 0. The van der Waals surface area contributed by atoms with Crippen molar-refractivity contribution in [3.05, 3.63) is 46.3 Å². The molecule has 0 aliphatic carbocycles. The second-order valence-electron chi connectivity index (χ2n) is 4.52. The molecule has 0 radical (unpaired) electrons. The van der Waals surface area contributed by atoms with E-state index in [2.05, 4.69) is 47.6 Å². The number of nitrogens with zero attached hydrogens (tertiary/aromatic N) is 1. The number of anilines is 1. The molecule has 1 aromatic carbocycles. The van der Waals surface area contributed by atoms with E-state index in [1.807, 2.05) is 13.8 Å². The Hall–Kier alpha value is -1.77. The monoisotopic (exact) mass is 229 g/mol. The van der Waals surface area contributed by atoms with E-state index < -0.39 is 0 Å². The van der Waals surface area contributed by atoms with Gasteiger partial charge in [-0.1, -0.05) is 18.2 Å². The molecule has 0 unspecified atom stereocenters. The molecular formula is C14H19N3. The van der Waals surface area contributed by atoms with Crippen molar-refractivity contribution in [2.45, 2.75) is 34.2 Å². The minimum atomic E-state index is 0.842. The van der Waals surface area contributed by atoms with Crippen LogP contribution in [0.4, 0.5) is 5.69 Å². The molecule has 0 saturated heterocycles. The highest BCUT2D eigenvalue weighted by Crippen LogP contribution is 2.19. The summed E-state index contributed by atoms with van der Waals surface area (Å²) in [6.45, 7) is 9.20. The molecule has 0 amide bonds. The van der Waals surface area contributed by atoms with Gasteiger partial charge in [-0.05, 0) is 44.4 Å². The van der Waals surface area contributed by atoms with Crippen molar-refractivity contribution >= 4 is 5.69 Å². The minimum Gasteiger partial charge on any atom is -0.378 e. The van der Waals surface area contributed by atoms with Crippen LogP contribution in [0.3, 0.4) is 0 Å². The third-order valence-corrected chi connectivity index (χ3v) is 3.30. The number of aromatic amines is 1. The summed E-state index contributed by atoms with van der Waals surface area (Å²) in [4.78, 5) is 0. The topological polar surface area (TPSA) is 40.7 Å². The largest absolute Gasteiger partial charge is 0.378 e. The molecule has 0 atom stereocenters. The summed E-state index contributed by atoms with van der Waals surface area (Å²) < 4.78 is 0. The quantitative estimate of drug-likeness (QED) is 0.848. The molecule has 0 aliphatic rings. The molecule has 2 N–H and O–H groups in total. The average Bonchev–Trinajstić information content (AvgIpc) is 2.62. The first kappa shape index (κ1) is 11.7. The van der Waals surface area contributed by atoms with Crippen LogP contribution in [0.2, 0.25) is 0 Å². The van der Waals surface area contributed by atoms with E-state index in [1.54, 1.807) is 0 Å². The van der Waals surface area contributed by atoms with Crippen LogP contribution in [0.5, 0.6) is 0 Å². The van der Waals surface area contributed by atoms with Gasteiger partial charge in [0.05, 0.1) is 17.1 Å². The van der Waals surface area contributed by atoms with Crippen molar-refractivity contribution in [3.63, 3.8) is 0 Å². The average molecular weight is 229 g/mol. The van der Waals surface area contributed by atoms with Gasteiger partial charge in [0.25, 0.3) is 0 Å². The maximum atomic E-state index is 4.18. The molecule has 2 rings (SSSR count). The van der Waals surface area contributed by atoms with Crippen LogP contribution in [0.25, 0.3) is 0 Å². The van der Waals surface area contributed by atoms with E-state index in [0.29, 0.717) is 0 Å². The van der Waals surface area contributed by atoms with Crippen molar-refractivity contribution in [1.82, 2.24) is 10.2 Å². The number of H-pyrrole nitrogens is 1. The molecule has 0 bridgehead atoms. The van der Waals surface area contributed by atoms with E-state index in [9.17, 15) is 0 Å². The number of hydrogen-bond donors (Lipinski definition) is 2. The van der Waals surface area contributed by atoms with Gasteiger partial charge in [-0.25, -0.2) is 0 Å². The summed E-state index contributed by atoms with van der Waals surface area (Å²) in [5.41, 5.74) is 7.26.